The van der Waals surface area contributed by atoms with Gasteiger partial charge in [-0.1, -0.05) is 21.6 Å². The number of ether oxygens (including phenoxy) is 1. The van der Waals surface area contributed by atoms with Crippen LogP contribution in [-0.2, 0) is 32.8 Å². The molecule has 0 fully saturated rings. The number of aryl methyl sites for hydroxylation is 1. The Labute approximate surface area is 241 Å². The lowest BCUT2D eigenvalue weighted by atomic mass is 10.1. The molecule has 0 saturated heterocycles. The van der Waals surface area contributed by atoms with Crippen LogP contribution in [0.5, 0.6) is 5.75 Å². The second-order valence-corrected chi connectivity index (χ2v) is 12.3. The summed E-state index contributed by atoms with van der Waals surface area (Å²) in [6.45, 7) is 7.28. The van der Waals surface area contributed by atoms with Crippen LogP contribution in [0.3, 0.4) is 0 Å². The van der Waals surface area contributed by atoms with E-state index in [0.29, 0.717) is 35.1 Å². The van der Waals surface area contributed by atoms with Crippen LogP contribution >= 0.6 is 34.0 Å². The third kappa shape index (κ3) is 15.4. The first kappa shape index (κ1) is 36.8. The van der Waals surface area contributed by atoms with Crippen molar-refractivity contribution in [1.82, 2.24) is 20.2 Å². The van der Waals surface area contributed by atoms with E-state index in [9.17, 15) is 0 Å². The van der Waals surface area contributed by atoms with Crippen molar-refractivity contribution in [2.24, 2.45) is 0 Å². The van der Waals surface area contributed by atoms with E-state index < -0.39 is 0 Å². The number of hydrogen-bond acceptors (Lipinski definition) is 11. The first-order valence-electron chi connectivity index (χ1n) is 12.3. The highest BCUT2D eigenvalue weighted by Gasteiger charge is 2.20. The molecule has 2 aromatic rings. The molecule has 9 nitrogen and oxygen atoms in total. The lowest BCUT2D eigenvalue weighted by molar-refractivity contribution is 0.226. The Bertz CT molecular complexity index is 867. The second kappa shape index (κ2) is 20.7. The van der Waals surface area contributed by atoms with E-state index >= 15 is 0 Å². The van der Waals surface area contributed by atoms with E-state index in [1.165, 1.54) is 0 Å². The first-order valence-corrected chi connectivity index (χ1v) is 14.9. The lowest BCUT2D eigenvalue weighted by Gasteiger charge is -2.28. The van der Waals surface area contributed by atoms with Crippen LogP contribution in [-0.4, -0.2) is 86.6 Å². The minimum Gasteiger partial charge on any atom is -0.492 e. The second-order valence-electron chi connectivity index (χ2n) is 9.18. The van der Waals surface area contributed by atoms with Crippen LogP contribution in [0.4, 0.5) is 0 Å². The summed E-state index contributed by atoms with van der Waals surface area (Å²) in [7, 11) is 7.66. The number of nitrogens with zero attached hydrogens (tertiary/aromatic N) is 3. The standard InChI is InChI=1S/C15H26N2O3S2.C11H18N2O2.ClH/c1-15(2,22-21-4)11-17(3)5-6-20-14-7-12(9-18)16-13(8-14)10-19;1-12-4-2-3-9-5-10(7-14)13-11(6-9)8-15;/h7-8,18-19H,5-6,9-11H2,1-4H3;5-6,12,14-15H,2-4,7-8H2,1H3;1H. The molecule has 2 aromatic heterocycles. The summed E-state index contributed by atoms with van der Waals surface area (Å²) in [5.74, 6) is 0.634. The largest absolute Gasteiger partial charge is 0.492 e. The Morgan fingerprint density at radius 2 is 1.42 bits per heavy atom. The molecule has 5 N–H and O–H groups in total. The van der Waals surface area contributed by atoms with Gasteiger partial charge < -0.3 is 35.4 Å². The van der Waals surface area contributed by atoms with Crippen molar-refractivity contribution in [1.29, 1.82) is 0 Å². The van der Waals surface area contributed by atoms with E-state index in [0.717, 1.165) is 38.0 Å². The zero-order valence-electron chi connectivity index (χ0n) is 23.1. The van der Waals surface area contributed by atoms with Gasteiger partial charge in [0.05, 0.1) is 49.2 Å². The fourth-order valence-corrected chi connectivity index (χ4v) is 5.90. The van der Waals surface area contributed by atoms with Gasteiger partial charge in [0, 0.05) is 30.0 Å². The van der Waals surface area contributed by atoms with Crippen molar-refractivity contribution in [2.45, 2.75) is 57.9 Å². The van der Waals surface area contributed by atoms with Crippen molar-refractivity contribution in [3.05, 3.63) is 52.6 Å². The summed E-state index contributed by atoms with van der Waals surface area (Å²) < 4.78 is 5.91. The molecule has 0 radical (unpaired) electrons. The van der Waals surface area contributed by atoms with Crippen LogP contribution < -0.4 is 10.1 Å². The molecule has 0 saturated carbocycles. The summed E-state index contributed by atoms with van der Waals surface area (Å²) >= 11 is 0. The summed E-state index contributed by atoms with van der Waals surface area (Å²) in [6, 6.07) is 7.17. The van der Waals surface area contributed by atoms with E-state index in [4.69, 9.17) is 25.2 Å². The third-order valence-corrected chi connectivity index (χ3v) is 7.74. The van der Waals surface area contributed by atoms with Crippen molar-refractivity contribution in [3.63, 3.8) is 0 Å². The Kier molecular flexibility index (Phi) is 20.1. The molecule has 0 bridgehead atoms. The fraction of sp³-hybridized carbons (Fsp3) is 0.615. The lowest BCUT2D eigenvalue weighted by Crippen LogP contribution is -2.35. The number of pyridine rings is 2. The third-order valence-electron chi connectivity index (χ3n) is 5.14. The van der Waals surface area contributed by atoms with Gasteiger partial charge in [-0.2, -0.15) is 0 Å². The molecule has 38 heavy (non-hydrogen) atoms. The minimum absolute atomic E-state index is 0. The smallest absolute Gasteiger partial charge is 0.123 e. The van der Waals surface area contributed by atoms with Gasteiger partial charge in [-0.3, -0.25) is 9.97 Å². The van der Waals surface area contributed by atoms with Gasteiger partial charge in [0.1, 0.15) is 12.4 Å². The number of halogens is 1. The number of rotatable bonds is 16. The van der Waals surface area contributed by atoms with E-state index in [-0.39, 0.29) is 43.6 Å². The average molecular weight is 593 g/mol. The zero-order valence-corrected chi connectivity index (χ0v) is 25.6. The van der Waals surface area contributed by atoms with E-state index in [1.54, 1.807) is 22.9 Å². The quantitative estimate of drug-likeness (QED) is 0.146. The highest BCUT2D eigenvalue weighted by molar-refractivity contribution is 8.76. The van der Waals surface area contributed by atoms with Crippen LogP contribution in [0.15, 0.2) is 24.3 Å². The molecule has 2 rings (SSSR count). The van der Waals surface area contributed by atoms with Gasteiger partial charge in [0.2, 0.25) is 0 Å². The van der Waals surface area contributed by atoms with Crippen molar-refractivity contribution in [2.75, 3.05) is 46.6 Å². The van der Waals surface area contributed by atoms with Gasteiger partial charge in [-0.15, -0.1) is 12.4 Å². The molecular formula is C26H45ClN4O5S2. The highest BCUT2D eigenvalue weighted by atomic mass is 35.5. The monoisotopic (exact) mass is 592 g/mol. The van der Waals surface area contributed by atoms with Gasteiger partial charge in [-0.25, -0.2) is 0 Å². The number of nitrogens with one attached hydrogen (secondary N) is 1. The predicted molar refractivity (Wildman–Crippen MR) is 160 cm³/mol. The zero-order chi connectivity index (χ0) is 27.7. The number of aliphatic hydroxyl groups excluding tert-OH is 4. The topological polar surface area (TPSA) is 131 Å². The van der Waals surface area contributed by atoms with E-state index in [1.807, 2.05) is 30.0 Å². The van der Waals surface area contributed by atoms with Crippen LogP contribution in [0, 0.1) is 0 Å². The van der Waals surface area contributed by atoms with E-state index in [2.05, 4.69) is 47.3 Å². The molecule has 0 unspecified atom stereocenters. The van der Waals surface area contributed by atoms with Gasteiger partial charge in [0.25, 0.3) is 0 Å². The number of hydrogen-bond donors (Lipinski definition) is 5. The maximum absolute atomic E-state index is 9.16. The van der Waals surface area contributed by atoms with Crippen LogP contribution in [0.1, 0.15) is 48.6 Å². The molecule has 0 aliphatic rings. The molecule has 218 valence electrons. The Hall–Kier alpha value is -1.15. The van der Waals surface area contributed by atoms with Gasteiger partial charge in [0.15, 0.2) is 0 Å². The SMILES string of the molecule is CNCCCc1cc(CO)nc(CO)c1.CSSC(C)(C)CN(C)CCOc1cc(CO)nc(CO)c1.Cl. The molecule has 0 spiro atoms. The molecule has 0 aromatic carbocycles. The maximum Gasteiger partial charge on any atom is 0.123 e. The van der Waals surface area contributed by atoms with Crippen LogP contribution in [0.25, 0.3) is 0 Å². The van der Waals surface area contributed by atoms with Gasteiger partial charge in [-0.05, 0) is 71.3 Å². The minimum atomic E-state index is -0.163. The Morgan fingerprint density at radius 1 is 0.921 bits per heavy atom. The fourth-order valence-electron chi connectivity index (χ4n) is 3.66. The molecule has 0 atom stereocenters. The number of likely N-dealkylation sites (N-methyl/N-ethyl adjacent to an activating group) is 1. The molecule has 0 aliphatic heterocycles. The average Bonchev–Trinajstić information content (AvgIpc) is 2.88. The molecule has 0 amide bonds. The highest BCUT2D eigenvalue weighted by Crippen LogP contribution is 2.33. The normalized spacial score (nSPS) is 11.1. The Balaban J connectivity index is 0.000000750. The molecule has 0 aliphatic carbocycles. The summed E-state index contributed by atoms with van der Waals surface area (Å²) in [5.41, 5.74) is 3.38. The maximum atomic E-state index is 9.16. The molecule has 2 heterocycles. The van der Waals surface area contributed by atoms with Crippen molar-refractivity contribution < 1.29 is 25.2 Å². The van der Waals surface area contributed by atoms with Crippen molar-refractivity contribution in [3.8, 4) is 5.75 Å². The molecular weight excluding hydrogens is 548 g/mol. The molecule has 12 heteroatoms. The number of aromatic nitrogens is 2. The summed E-state index contributed by atoms with van der Waals surface area (Å²) in [4.78, 5) is 10.4. The Morgan fingerprint density at radius 3 is 1.87 bits per heavy atom. The van der Waals surface area contributed by atoms with Crippen LogP contribution in [0.2, 0.25) is 0 Å². The predicted octanol–water partition coefficient (Wildman–Crippen LogP) is 2.81. The van der Waals surface area contributed by atoms with Gasteiger partial charge >= 0.3 is 0 Å². The first-order chi connectivity index (χ1) is 17.7. The van der Waals surface area contributed by atoms with Crippen molar-refractivity contribution >= 4 is 34.0 Å². The number of aliphatic hydroxyl groups is 4. The summed E-state index contributed by atoms with van der Waals surface area (Å²) in [5, 5.41) is 39.4. The summed E-state index contributed by atoms with van der Waals surface area (Å²) in [6.07, 6.45) is 4.07.